The Kier molecular flexibility index (Phi) is 10.4. The molecule has 2 fully saturated rings. The molecule has 0 bridgehead atoms. The molecule has 8 rings (SSSR count). The number of likely N-dealkylation sites (tertiary alicyclic amines) is 1. The van der Waals surface area contributed by atoms with E-state index in [2.05, 4.69) is 55.5 Å². The number of halogens is 3. The molecule has 5 aromatic rings. The second kappa shape index (κ2) is 15.6. The van der Waals surface area contributed by atoms with Crippen LogP contribution in [0, 0.1) is 0 Å². The molecule has 12 heteroatoms. The number of amides is 2. The number of piperidine rings is 2. The predicted octanol–water partition coefficient (Wildman–Crippen LogP) is 7.26. The second-order valence-corrected chi connectivity index (χ2v) is 15.2. The van der Waals surface area contributed by atoms with Crippen LogP contribution >= 0.6 is 0 Å². The van der Waals surface area contributed by atoms with Crippen LogP contribution < -0.4 is 20.9 Å². The number of anilines is 1. The van der Waals surface area contributed by atoms with E-state index in [0.717, 1.165) is 44.6 Å². The van der Waals surface area contributed by atoms with Gasteiger partial charge in [-0.3, -0.25) is 29.5 Å². The van der Waals surface area contributed by atoms with Gasteiger partial charge < -0.3 is 14.6 Å². The van der Waals surface area contributed by atoms with E-state index >= 15 is 0 Å². The normalized spacial score (nSPS) is 18.5. The van der Waals surface area contributed by atoms with Gasteiger partial charge in [-0.15, -0.1) is 13.2 Å². The SMILES string of the molecule is Cn1cc(-c2ccc(CN3CCc4c(CN5CCC(c6ccc(NC7CCC(=O)NC7=O)cc6)CC5)cccc4C3)c(OC(F)(F)F)c2)c2ccccc2c1=O. The highest BCUT2D eigenvalue weighted by molar-refractivity contribution is 6.01. The lowest BCUT2D eigenvalue weighted by Crippen LogP contribution is -2.47. The van der Waals surface area contributed by atoms with Crippen molar-refractivity contribution in [1.29, 1.82) is 0 Å². The van der Waals surface area contributed by atoms with Gasteiger partial charge in [0.2, 0.25) is 11.8 Å². The lowest BCUT2D eigenvalue weighted by Gasteiger charge is -2.34. The van der Waals surface area contributed by atoms with Gasteiger partial charge in [0.05, 0.1) is 0 Å². The van der Waals surface area contributed by atoms with E-state index in [-0.39, 0.29) is 23.1 Å². The third-order valence-corrected chi connectivity index (χ3v) is 11.5. The number of pyridine rings is 1. The first-order chi connectivity index (χ1) is 27.0. The molecule has 2 saturated heterocycles. The summed E-state index contributed by atoms with van der Waals surface area (Å²) in [5.74, 6) is -0.289. The first kappa shape index (κ1) is 37.5. The molecule has 290 valence electrons. The molecule has 4 heterocycles. The first-order valence-corrected chi connectivity index (χ1v) is 19.2. The third-order valence-electron chi connectivity index (χ3n) is 11.5. The Morgan fingerprint density at radius 2 is 1.55 bits per heavy atom. The molecule has 0 aliphatic carbocycles. The number of ether oxygens (including phenoxy) is 1. The number of nitrogens with one attached hydrogen (secondary N) is 2. The highest BCUT2D eigenvalue weighted by atomic mass is 19.4. The van der Waals surface area contributed by atoms with Crippen LogP contribution in [0.2, 0.25) is 0 Å². The van der Waals surface area contributed by atoms with Gasteiger partial charge in [-0.25, -0.2) is 0 Å². The van der Waals surface area contributed by atoms with Gasteiger partial charge in [0, 0.05) is 68.0 Å². The van der Waals surface area contributed by atoms with Crippen molar-refractivity contribution >= 4 is 28.3 Å². The average molecular weight is 764 g/mol. The summed E-state index contributed by atoms with van der Waals surface area (Å²) >= 11 is 0. The lowest BCUT2D eigenvalue weighted by molar-refractivity contribution is -0.275. The zero-order chi connectivity index (χ0) is 39.0. The Bertz CT molecular complexity index is 2330. The number of hydrogen-bond donors (Lipinski definition) is 2. The van der Waals surface area contributed by atoms with E-state index in [4.69, 9.17) is 0 Å². The van der Waals surface area contributed by atoms with Crippen molar-refractivity contribution in [3.8, 4) is 16.9 Å². The molecule has 0 radical (unpaired) electrons. The van der Waals surface area contributed by atoms with Crippen molar-refractivity contribution in [1.82, 2.24) is 19.7 Å². The fraction of sp³-hybridized carbons (Fsp3) is 0.341. The van der Waals surface area contributed by atoms with Crippen LogP contribution in [0.25, 0.3) is 21.9 Å². The number of aryl methyl sites for hydroxylation is 1. The van der Waals surface area contributed by atoms with Gasteiger partial charge in [-0.05, 0) is 102 Å². The topological polar surface area (TPSA) is 95.9 Å². The molecule has 4 aromatic carbocycles. The molecule has 2 amide bonds. The Morgan fingerprint density at radius 3 is 2.30 bits per heavy atom. The molecule has 1 atom stereocenters. The quantitative estimate of drug-likeness (QED) is 0.153. The smallest absolute Gasteiger partial charge is 0.405 e. The molecule has 0 spiro atoms. The Morgan fingerprint density at radius 1 is 0.804 bits per heavy atom. The number of fused-ring (bicyclic) bond motifs is 2. The minimum Gasteiger partial charge on any atom is -0.405 e. The van der Waals surface area contributed by atoms with Crippen LogP contribution in [0.1, 0.15) is 59.4 Å². The molecule has 1 unspecified atom stereocenters. The van der Waals surface area contributed by atoms with E-state index in [0.29, 0.717) is 65.9 Å². The fourth-order valence-corrected chi connectivity index (χ4v) is 8.54. The molecular formula is C44H44F3N5O4. The lowest BCUT2D eigenvalue weighted by atomic mass is 9.88. The second-order valence-electron chi connectivity index (χ2n) is 15.2. The van der Waals surface area contributed by atoms with Crippen molar-refractivity contribution in [2.45, 2.75) is 70.1 Å². The highest BCUT2D eigenvalue weighted by Crippen LogP contribution is 2.36. The van der Waals surface area contributed by atoms with Crippen LogP contribution in [0.15, 0.2) is 95.9 Å². The average Bonchev–Trinajstić information content (AvgIpc) is 3.18. The van der Waals surface area contributed by atoms with E-state index < -0.39 is 12.4 Å². The fourth-order valence-electron chi connectivity index (χ4n) is 8.54. The van der Waals surface area contributed by atoms with Crippen LogP contribution in [0.5, 0.6) is 5.75 Å². The highest BCUT2D eigenvalue weighted by Gasteiger charge is 2.33. The summed E-state index contributed by atoms with van der Waals surface area (Å²) in [5.41, 5.74) is 7.45. The summed E-state index contributed by atoms with van der Waals surface area (Å²) in [4.78, 5) is 41.0. The van der Waals surface area contributed by atoms with E-state index in [9.17, 15) is 27.6 Å². The van der Waals surface area contributed by atoms with Crippen LogP contribution in [-0.2, 0) is 42.7 Å². The van der Waals surface area contributed by atoms with E-state index in [1.165, 1.54) is 32.9 Å². The minimum absolute atomic E-state index is 0.173. The summed E-state index contributed by atoms with van der Waals surface area (Å²) in [6.45, 7) is 4.44. The Hall–Kier alpha value is -5.46. The summed E-state index contributed by atoms with van der Waals surface area (Å²) in [7, 11) is 1.64. The maximum Gasteiger partial charge on any atom is 0.573 e. The van der Waals surface area contributed by atoms with Crippen LogP contribution in [0.4, 0.5) is 18.9 Å². The van der Waals surface area contributed by atoms with Gasteiger partial charge in [0.1, 0.15) is 11.8 Å². The molecular weight excluding hydrogens is 720 g/mol. The zero-order valence-electron chi connectivity index (χ0n) is 31.2. The number of alkyl halides is 3. The first-order valence-electron chi connectivity index (χ1n) is 19.2. The largest absolute Gasteiger partial charge is 0.573 e. The number of benzene rings is 4. The standard InChI is InChI=1S/C44H44F3N5O4/c1-50-27-38(36-7-2-3-8-37(36)43(50)55)30-9-10-33(40(23-30)56-44(45,46)47)26-52-22-19-35-31(5-4-6-32(35)25-52)24-51-20-17-29(18-21-51)28-11-13-34(14-12-28)48-39-15-16-41(53)49-42(39)54/h2-14,23,27,29,39,48H,15-22,24-26H2,1H3,(H,49,53,54). The van der Waals surface area contributed by atoms with Crippen molar-refractivity contribution in [2.24, 2.45) is 7.05 Å². The molecule has 3 aliphatic rings. The van der Waals surface area contributed by atoms with E-state index in [1.54, 1.807) is 43.6 Å². The maximum atomic E-state index is 13.7. The Balaban J connectivity index is 0.907. The molecule has 1 aromatic heterocycles. The van der Waals surface area contributed by atoms with Crippen LogP contribution in [0.3, 0.4) is 0 Å². The molecule has 9 nitrogen and oxygen atoms in total. The van der Waals surface area contributed by atoms with Gasteiger partial charge in [0.25, 0.3) is 5.56 Å². The van der Waals surface area contributed by atoms with Gasteiger partial charge in [-0.2, -0.15) is 0 Å². The van der Waals surface area contributed by atoms with Crippen molar-refractivity contribution in [3.05, 3.63) is 129 Å². The summed E-state index contributed by atoms with van der Waals surface area (Å²) in [6, 6.07) is 26.4. The third kappa shape index (κ3) is 8.22. The summed E-state index contributed by atoms with van der Waals surface area (Å²) < 4.78 is 47.3. The number of nitrogens with zero attached hydrogens (tertiary/aromatic N) is 3. The van der Waals surface area contributed by atoms with Gasteiger partial charge in [0.15, 0.2) is 0 Å². The number of carbonyl (C=O) groups excluding carboxylic acids is 2. The molecule has 56 heavy (non-hydrogen) atoms. The predicted molar refractivity (Wildman–Crippen MR) is 209 cm³/mol. The number of imide groups is 1. The number of hydrogen-bond acceptors (Lipinski definition) is 7. The maximum absolute atomic E-state index is 13.7. The van der Waals surface area contributed by atoms with Crippen molar-refractivity contribution in [2.75, 3.05) is 25.0 Å². The number of aromatic nitrogens is 1. The molecule has 0 saturated carbocycles. The summed E-state index contributed by atoms with van der Waals surface area (Å²) in [6.07, 6.45) is 0.514. The minimum atomic E-state index is -4.86. The zero-order valence-corrected chi connectivity index (χ0v) is 31.2. The van der Waals surface area contributed by atoms with Gasteiger partial charge >= 0.3 is 6.36 Å². The molecule has 2 N–H and O–H groups in total. The van der Waals surface area contributed by atoms with Gasteiger partial charge in [-0.1, -0.05) is 60.7 Å². The number of carbonyl (C=O) groups is 2. The summed E-state index contributed by atoms with van der Waals surface area (Å²) in [5, 5.41) is 6.81. The monoisotopic (exact) mass is 763 g/mol. The van der Waals surface area contributed by atoms with Crippen molar-refractivity contribution in [3.63, 3.8) is 0 Å². The molecule has 3 aliphatic heterocycles. The Labute approximate surface area is 323 Å². The number of rotatable bonds is 9. The van der Waals surface area contributed by atoms with Crippen LogP contribution in [-0.4, -0.2) is 58.2 Å². The van der Waals surface area contributed by atoms with E-state index in [1.807, 2.05) is 18.2 Å². The van der Waals surface area contributed by atoms with Crippen molar-refractivity contribution < 1.29 is 27.5 Å².